The zero-order chi connectivity index (χ0) is 14.7. The summed E-state index contributed by atoms with van der Waals surface area (Å²) in [4.78, 5) is 4.28. The van der Waals surface area contributed by atoms with Crippen LogP contribution < -0.4 is 0 Å². The molecule has 0 spiro atoms. The average molecular weight is 291 g/mol. The number of nitrogens with zero attached hydrogens (tertiary/aromatic N) is 5. The van der Waals surface area contributed by atoms with Crippen LogP contribution in [0.5, 0.6) is 0 Å². The van der Waals surface area contributed by atoms with E-state index in [0.717, 1.165) is 25.7 Å². The first kappa shape index (κ1) is 14.2. The average Bonchev–Trinajstić information content (AvgIpc) is 3.06. The molecule has 1 unspecified atom stereocenters. The number of hydrogen-bond acceptors (Lipinski definition) is 6. The molecule has 2 aromatic rings. The fourth-order valence-electron chi connectivity index (χ4n) is 2.91. The van der Waals surface area contributed by atoms with Crippen molar-refractivity contribution in [3.8, 4) is 11.5 Å². The molecule has 2 aromatic heterocycles. The van der Waals surface area contributed by atoms with Crippen molar-refractivity contribution in [2.75, 3.05) is 0 Å². The summed E-state index contributed by atoms with van der Waals surface area (Å²) in [6.07, 6.45) is 9.20. The molecule has 0 saturated heterocycles. The van der Waals surface area contributed by atoms with E-state index in [4.69, 9.17) is 4.52 Å². The Balaban J connectivity index is 1.72. The first-order valence-electron chi connectivity index (χ1n) is 7.62. The van der Waals surface area contributed by atoms with Crippen LogP contribution in [0.4, 0.5) is 0 Å². The smallest absolute Gasteiger partial charge is 0.256 e. The Labute approximate surface area is 123 Å². The van der Waals surface area contributed by atoms with Crippen molar-refractivity contribution in [2.45, 2.75) is 51.0 Å². The molecule has 1 saturated carbocycles. The topological polar surface area (TPSA) is 89.9 Å². The molecule has 3 rings (SSSR count). The Hall–Kier alpha value is -1.76. The van der Waals surface area contributed by atoms with Crippen LogP contribution in [0.25, 0.3) is 11.5 Å². The Morgan fingerprint density at radius 3 is 2.62 bits per heavy atom. The molecule has 0 aliphatic heterocycles. The molecule has 7 nitrogen and oxygen atoms in total. The molecule has 1 aliphatic carbocycles. The fraction of sp³-hybridized carbons (Fsp3) is 0.714. The number of aliphatic hydroxyl groups excluding tert-OH is 1. The highest BCUT2D eigenvalue weighted by Gasteiger charge is 2.27. The van der Waals surface area contributed by atoms with Gasteiger partial charge in [-0.2, -0.15) is 4.98 Å². The molecule has 1 atom stereocenters. The summed E-state index contributed by atoms with van der Waals surface area (Å²) >= 11 is 0. The first-order chi connectivity index (χ1) is 10.2. The highest BCUT2D eigenvalue weighted by Crippen LogP contribution is 2.32. The summed E-state index contributed by atoms with van der Waals surface area (Å²) in [7, 11) is 1.78. The lowest BCUT2D eigenvalue weighted by atomic mass is 9.87. The summed E-state index contributed by atoms with van der Waals surface area (Å²) in [6, 6.07) is 0. The molecule has 1 fully saturated rings. The van der Waals surface area contributed by atoms with Crippen LogP contribution in [0.3, 0.4) is 0 Å². The van der Waals surface area contributed by atoms with Crippen LogP contribution in [0.2, 0.25) is 0 Å². The number of hydrogen-bond donors (Lipinski definition) is 1. The molecule has 1 N–H and O–H groups in total. The minimum absolute atomic E-state index is 0.209. The molecule has 7 heteroatoms. The van der Waals surface area contributed by atoms with E-state index in [0.29, 0.717) is 17.4 Å². The van der Waals surface area contributed by atoms with Crippen LogP contribution >= 0.6 is 0 Å². The highest BCUT2D eigenvalue weighted by atomic mass is 16.5. The van der Waals surface area contributed by atoms with E-state index >= 15 is 0 Å². The van der Waals surface area contributed by atoms with Gasteiger partial charge >= 0.3 is 0 Å². The third-order valence-corrected chi connectivity index (χ3v) is 4.12. The second-order valence-electron chi connectivity index (χ2n) is 5.78. The maximum absolute atomic E-state index is 10.5. The van der Waals surface area contributed by atoms with Gasteiger partial charge in [0.15, 0.2) is 5.69 Å². The monoisotopic (exact) mass is 291 g/mol. The van der Waals surface area contributed by atoms with Crippen molar-refractivity contribution in [3.05, 3.63) is 12.1 Å². The van der Waals surface area contributed by atoms with Crippen molar-refractivity contribution in [3.63, 3.8) is 0 Å². The Morgan fingerprint density at radius 1 is 1.24 bits per heavy atom. The van der Waals surface area contributed by atoms with E-state index in [-0.39, 0.29) is 5.92 Å². The molecule has 0 radical (unpaired) electrons. The predicted octanol–water partition coefficient (Wildman–Crippen LogP) is 2.26. The third-order valence-electron chi connectivity index (χ3n) is 4.12. The number of aryl methyl sites for hydroxylation is 1. The SMILES string of the molecule is Cn1cc(-c2noc(C(O)C3CCCCCCC3)n2)nn1. The second kappa shape index (κ2) is 6.34. The van der Waals surface area contributed by atoms with Crippen LogP contribution in [-0.2, 0) is 7.05 Å². The van der Waals surface area contributed by atoms with Gasteiger partial charge < -0.3 is 9.63 Å². The van der Waals surface area contributed by atoms with E-state index in [2.05, 4.69) is 20.5 Å². The van der Waals surface area contributed by atoms with Gasteiger partial charge in [0.1, 0.15) is 6.10 Å². The van der Waals surface area contributed by atoms with E-state index in [1.54, 1.807) is 17.9 Å². The Kier molecular flexibility index (Phi) is 4.28. The Morgan fingerprint density at radius 2 is 1.95 bits per heavy atom. The molecule has 1 aliphatic rings. The summed E-state index contributed by atoms with van der Waals surface area (Å²) in [6.45, 7) is 0. The lowest BCUT2D eigenvalue weighted by molar-refractivity contribution is 0.0605. The van der Waals surface area contributed by atoms with Gasteiger partial charge in [-0.15, -0.1) is 5.10 Å². The number of aliphatic hydroxyl groups is 1. The lowest BCUT2D eigenvalue weighted by Crippen LogP contribution is -2.14. The first-order valence-corrected chi connectivity index (χ1v) is 7.62. The van der Waals surface area contributed by atoms with Crippen LogP contribution in [0, 0.1) is 5.92 Å². The molecular formula is C14H21N5O2. The molecule has 114 valence electrons. The molecule has 0 aromatic carbocycles. The molecular weight excluding hydrogens is 270 g/mol. The lowest BCUT2D eigenvalue weighted by Gasteiger charge is -2.22. The van der Waals surface area contributed by atoms with E-state index in [1.807, 2.05) is 0 Å². The largest absolute Gasteiger partial charge is 0.383 e. The van der Waals surface area contributed by atoms with Crippen LogP contribution in [0.1, 0.15) is 56.9 Å². The summed E-state index contributed by atoms with van der Waals surface area (Å²) in [5, 5.41) is 22.2. The fourth-order valence-corrected chi connectivity index (χ4v) is 2.91. The normalized spacial score (nSPS) is 19.1. The minimum atomic E-state index is -0.680. The van der Waals surface area contributed by atoms with Crippen molar-refractivity contribution in [2.24, 2.45) is 13.0 Å². The summed E-state index contributed by atoms with van der Waals surface area (Å²) < 4.78 is 6.81. The van der Waals surface area contributed by atoms with E-state index in [1.165, 1.54) is 19.3 Å². The second-order valence-corrected chi connectivity index (χ2v) is 5.78. The zero-order valence-corrected chi connectivity index (χ0v) is 12.3. The highest BCUT2D eigenvalue weighted by molar-refractivity contribution is 5.45. The van der Waals surface area contributed by atoms with Crippen molar-refractivity contribution in [1.29, 1.82) is 0 Å². The van der Waals surface area contributed by atoms with Gasteiger partial charge in [0.2, 0.25) is 5.82 Å². The van der Waals surface area contributed by atoms with Gasteiger partial charge in [-0.1, -0.05) is 42.5 Å². The Bertz CT molecular complexity index is 571. The van der Waals surface area contributed by atoms with Gasteiger partial charge in [0.05, 0.1) is 6.20 Å². The van der Waals surface area contributed by atoms with Crippen molar-refractivity contribution >= 4 is 0 Å². The maximum atomic E-state index is 10.5. The van der Waals surface area contributed by atoms with Crippen LogP contribution in [-0.4, -0.2) is 30.2 Å². The van der Waals surface area contributed by atoms with Crippen LogP contribution in [0.15, 0.2) is 10.7 Å². The van der Waals surface area contributed by atoms with Gasteiger partial charge in [-0.3, -0.25) is 4.68 Å². The van der Waals surface area contributed by atoms with Crippen molar-refractivity contribution in [1.82, 2.24) is 25.1 Å². The quantitative estimate of drug-likeness (QED) is 0.933. The van der Waals surface area contributed by atoms with E-state index in [9.17, 15) is 5.11 Å². The number of aromatic nitrogens is 5. The van der Waals surface area contributed by atoms with Gasteiger partial charge in [-0.05, 0) is 18.8 Å². The van der Waals surface area contributed by atoms with Gasteiger partial charge in [0.25, 0.3) is 5.89 Å². The number of rotatable bonds is 3. The molecule has 0 amide bonds. The predicted molar refractivity (Wildman–Crippen MR) is 75.1 cm³/mol. The maximum Gasteiger partial charge on any atom is 0.256 e. The molecule has 2 heterocycles. The standard InChI is InChI=1S/C14H21N5O2/c1-19-9-11(16-18-19)13-15-14(21-17-13)12(20)10-7-5-3-2-4-6-8-10/h9-10,12,20H,2-8H2,1H3. The zero-order valence-electron chi connectivity index (χ0n) is 12.3. The molecule has 21 heavy (non-hydrogen) atoms. The summed E-state index contributed by atoms with van der Waals surface area (Å²) in [5.74, 6) is 0.879. The minimum Gasteiger partial charge on any atom is -0.383 e. The summed E-state index contributed by atoms with van der Waals surface area (Å²) in [5.41, 5.74) is 0.553. The third kappa shape index (κ3) is 3.29. The van der Waals surface area contributed by atoms with E-state index < -0.39 is 6.10 Å². The molecule has 0 bridgehead atoms. The van der Waals surface area contributed by atoms with Gasteiger partial charge in [-0.25, -0.2) is 0 Å². The van der Waals surface area contributed by atoms with Crippen molar-refractivity contribution < 1.29 is 9.63 Å². The van der Waals surface area contributed by atoms with Gasteiger partial charge in [0, 0.05) is 7.05 Å².